The monoisotopic (exact) mass is 349 g/mol. The Labute approximate surface area is 129 Å². The largest absolute Gasteiger partial charge is 0.478 e. The summed E-state index contributed by atoms with van der Waals surface area (Å²) in [4.78, 5) is 11.0. The van der Waals surface area contributed by atoms with Gasteiger partial charge < -0.3 is 5.11 Å². The number of anilines is 1. The predicted octanol–water partition coefficient (Wildman–Crippen LogP) is 3.35. The zero-order chi connectivity index (χ0) is 15.8. The van der Waals surface area contributed by atoms with Crippen LogP contribution < -0.4 is 4.72 Å². The molecule has 1 heterocycles. The quantitative estimate of drug-likeness (QED) is 0.886. The third-order valence-electron chi connectivity index (χ3n) is 2.57. The van der Waals surface area contributed by atoms with Crippen molar-refractivity contribution in [3.63, 3.8) is 0 Å². The molecule has 1 aromatic heterocycles. The number of aryl methyl sites for hydroxylation is 1. The lowest BCUT2D eigenvalue weighted by atomic mass is 10.2. The number of hydrogen-bond donors (Lipinski definition) is 2. The number of rotatable bonds is 4. The normalized spacial score (nSPS) is 11.4. The zero-order valence-electron chi connectivity index (χ0n) is 10.6. The van der Waals surface area contributed by atoms with E-state index in [0.29, 0.717) is 9.90 Å². The number of benzene rings is 1. The van der Waals surface area contributed by atoms with E-state index in [1.54, 1.807) is 6.92 Å². The molecule has 5 nitrogen and oxygen atoms in total. The molecule has 0 aliphatic heterocycles. The SMILES string of the molecule is Cc1cc(S(=O)(=O)Nc2cccc(F)c2C(=O)O)sc1Cl. The van der Waals surface area contributed by atoms with Gasteiger partial charge in [-0.2, -0.15) is 0 Å². The van der Waals surface area contributed by atoms with E-state index in [9.17, 15) is 17.6 Å². The first-order valence-corrected chi connectivity index (χ1v) is 8.20. The van der Waals surface area contributed by atoms with Crippen LogP contribution in [0.5, 0.6) is 0 Å². The van der Waals surface area contributed by atoms with E-state index in [1.165, 1.54) is 18.2 Å². The number of nitrogens with one attached hydrogen (secondary N) is 1. The first-order valence-electron chi connectivity index (χ1n) is 5.53. The van der Waals surface area contributed by atoms with E-state index in [0.717, 1.165) is 17.4 Å². The third kappa shape index (κ3) is 3.17. The minimum atomic E-state index is -4.03. The molecule has 0 bridgehead atoms. The van der Waals surface area contributed by atoms with Crippen LogP contribution in [0.4, 0.5) is 10.1 Å². The lowest BCUT2D eigenvalue weighted by molar-refractivity contribution is 0.0693. The summed E-state index contributed by atoms with van der Waals surface area (Å²) in [6.45, 7) is 1.64. The van der Waals surface area contributed by atoms with Gasteiger partial charge in [0, 0.05) is 0 Å². The Balaban J connectivity index is 2.47. The van der Waals surface area contributed by atoms with Crippen LogP contribution in [-0.4, -0.2) is 19.5 Å². The summed E-state index contributed by atoms with van der Waals surface area (Å²) in [6, 6.07) is 4.68. The van der Waals surface area contributed by atoms with Gasteiger partial charge in [-0.25, -0.2) is 17.6 Å². The maximum absolute atomic E-state index is 13.5. The van der Waals surface area contributed by atoms with E-state index in [4.69, 9.17) is 16.7 Å². The fraction of sp³-hybridized carbons (Fsp3) is 0.0833. The summed E-state index contributed by atoms with van der Waals surface area (Å²) in [5.74, 6) is -2.59. The molecule has 9 heteroatoms. The van der Waals surface area contributed by atoms with Crippen molar-refractivity contribution < 1.29 is 22.7 Å². The summed E-state index contributed by atoms with van der Waals surface area (Å²) in [6.07, 6.45) is 0. The van der Waals surface area contributed by atoms with Gasteiger partial charge in [-0.15, -0.1) is 11.3 Å². The first-order chi connectivity index (χ1) is 9.72. The fourth-order valence-electron chi connectivity index (χ4n) is 1.59. The molecular weight excluding hydrogens is 341 g/mol. The minimum Gasteiger partial charge on any atom is -0.478 e. The van der Waals surface area contributed by atoms with Crippen LogP contribution in [-0.2, 0) is 10.0 Å². The predicted molar refractivity (Wildman–Crippen MR) is 78.2 cm³/mol. The maximum Gasteiger partial charge on any atom is 0.340 e. The Hall–Kier alpha value is -1.64. The molecule has 0 amide bonds. The van der Waals surface area contributed by atoms with Gasteiger partial charge in [0.05, 0.1) is 10.0 Å². The van der Waals surface area contributed by atoms with Gasteiger partial charge >= 0.3 is 5.97 Å². The Morgan fingerprint density at radius 1 is 1.43 bits per heavy atom. The topological polar surface area (TPSA) is 83.5 Å². The Bertz CT molecular complexity index is 797. The molecule has 0 fully saturated rings. The standard InChI is InChI=1S/C12H9ClFNO4S2/c1-6-5-9(20-11(6)13)21(18,19)15-8-4-2-3-7(14)10(8)12(16)17/h2-5,15H,1H3,(H,16,17). The lowest BCUT2D eigenvalue weighted by Gasteiger charge is -2.09. The highest BCUT2D eigenvalue weighted by Gasteiger charge is 2.23. The number of aromatic carboxylic acids is 1. The maximum atomic E-state index is 13.5. The summed E-state index contributed by atoms with van der Waals surface area (Å²) < 4.78 is 40.2. The van der Waals surface area contributed by atoms with Crippen molar-refractivity contribution in [3.8, 4) is 0 Å². The molecule has 2 rings (SSSR count). The lowest BCUT2D eigenvalue weighted by Crippen LogP contribution is -2.15. The fourth-order valence-corrected chi connectivity index (χ4v) is 4.37. The number of sulfonamides is 1. The zero-order valence-corrected chi connectivity index (χ0v) is 12.9. The first kappa shape index (κ1) is 15.7. The van der Waals surface area contributed by atoms with Crippen molar-refractivity contribution in [1.29, 1.82) is 0 Å². The Morgan fingerprint density at radius 3 is 2.62 bits per heavy atom. The second kappa shape index (κ2) is 5.63. The molecule has 112 valence electrons. The van der Waals surface area contributed by atoms with Gasteiger partial charge in [-0.1, -0.05) is 17.7 Å². The van der Waals surface area contributed by atoms with Crippen LogP contribution >= 0.6 is 22.9 Å². The summed E-state index contributed by atoms with van der Waals surface area (Å²) in [5.41, 5.74) is -0.495. The number of halogens is 2. The summed E-state index contributed by atoms with van der Waals surface area (Å²) in [7, 11) is -4.03. The molecule has 0 saturated carbocycles. The second-order valence-corrected chi connectivity index (χ2v) is 7.66. The second-order valence-electron chi connectivity index (χ2n) is 4.10. The van der Waals surface area contributed by atoms with Crippen LogP contribution in [0, 0.1) is 12.7 Å². The van der Waals surface area contributed by atoms with Crippen molar-refractivity contribution in [2.45, 2.75) is 11.1 Å². The molecule has 21 heavy (non-hydrogen) atoms. The molecule has 0 saturated heterocycles. The van der Waals surface area contributed by atoms with Gasteiger partial charge in [-0.3, -0.25) is 4.72 Å². The van der Waals surface area contributed by atoms with E-state index in [1.807, 2.05) is 0 Å². The molecule has 2 N–H and O–H groups in total. The average Bonchev–Trinajstić information content (AvgIpc) is 2.69. The molecule has 0 aliphatic rings. The molecule has 2 aromatic rings. The van der Waals surface area contributed by atoms with E-state index < -0.39 is 27.4 Å². The van der Waals surface area contributed by atoms with Gasteiger partial charge in [-0.05, 0) is 30.7 Å². The average molecular weight is 350 g/mol. The van der Waals surface area contributed by atoms with Gasteiger partial charge in [0.25, 0.3) is 10.0 Å². The van der Waals surface area contributed by atoms with Crippen molar-refractivity contribution in [2.24, 2.45) is 0 Å². The molecule has 0 unspecified atom stereocenters. The van der Waals surface area contributed by atoms with Crippen LogP contribution in [0.1, 0.15) is 15.9 Å². The van der Waals surface area contributed by atoms with Crippen LogP contribution in [0.15, 0.2) is 28.5 Å². The summed E-state index contributed by atoms with van der Waals surface area (Å²) >= 11 is 6.65. The molecule has 0 atom stereocenters. The third-order valence-corrected chi connectivity index (χ3v) is 5.97. The van der Waals surface area contributed by atoms with Crippen molar-refractivity contribution in [3.05, 3.63) is 45.5 Å². The number of carbonyl (C=O) groups is 1. The number of carboxylic acids is 1. The highest BCUT2D eigenvalue weighted by Crippen LogP contribution is 2.32. The van der Waals surface area contributed by atoms with Crippen LogP contribution in [0.3, 0.4) is 0 Å². The number of hydrogen-bond acceptors (Lipinski definition) is 4. The van der Waals surface area contributed by atoms with Crippen molar-refractivity contribution >= 4 is 44.6 Å². The Kier molecular flexibility index (Phi) is 4.22. The molecule has 0 spiro atoms. The Morgan fingerprint density at radius 2 is 2.10 bits per heavy atom. The van der Waals surface area contributed by atoms with Gasteiger partial charge in [0.2, 0.25) is 0 Å². The highest BCUT2D eigenvalue weighted by molar-refractivity contribution is 7.94. The summed E-state index contributed by atoms with van der Waals surface area (Å²) in [5, 5.41) is 8.97. The van der Waals surface area contributed by atoms with Crippen molar-refractivity contribution in [2.75, 3.05) is 4.72 Å². The van der Waals surface area contributed by atoms with Crippen LogP contribution in [0.2, 0.25) is 4.34 Å². The number of thiophene rings is 1. The van der Waals surface area contributed by atoms with E-state index >= 15 is 0 Å². The smallest absolute Gasteiger partial charge is 0.340 e. The molecule has 0 aliphatic carbocycles. The van der Waals surface area contributed by atoms with Gasteiger partial charge in [0.15, 0.2) is 0 Å². The molecule has 0 radical (unpaired) electrons. The van der Waals surface area contributed by atoms with Gasteiger partial charge in [0.1, 0.15) is 15.6 Å². The molecular formula is C12H9ClFNO4S2. The highest BCUT2D eigenvalue weighted by atomic mass is 35.5. The van der Waals surface area contributed by atoms with Crippen molar-refractivity contribution in [1.82, 2.24) is 0 Å². The van der Waals surface area contributed by atoms with E-state index in [2.05, 4.69) is 4.72 Å². The number of carboxylic acid groups (broad SMARTS) is 1. The molecule has 1 aromatic carbocycles. The van der Waals surface area contributed by atoms with Crippen LogP contribution in [0.25, 0.3) is 0 Å². The minimum absolute atomic E-state index is 0.0781. The van der Waals surface area contributed by atoms with E-state index in [-0.39, 0.29) is 9.90 Å².